The lowest BCUT2D eigenvalue weighted by molar-refractivity contribution is 0.0769. The number of hydrogen-bond acceptors (Lipinski definition) is 5. The molecule has 1 aromatic heterocycles. The Morgan fingerprint density at radius 2 is 2.47 bits per heavy atom. The van der Waals surface area contributed by atoms with Gasteiger partial charge in [0.25, 0.3) is 5.91 Å². The lowest BCUT2D eigenvalue weighted by Crippen LogP contribution is -2.29. The zero-order chi connectivity index (χ0) is 11.0. The van der Waals surface area contributed by atoms with Crippen LogP contribution in [0, 0.1) is 6.92 Å². The number of aromatic nitrogens is 1. The minimum atomic E-state index is -0.389. The van der Waals surface area contributed by atoms with E-state index < -0.39 is 0 Å². The van der Waals surface area contributed by atoms with Crippen molar-refractivity contribution in [2.24, 2.45) is 0 Å². The van der Waals surface area contributed by atoms with Gasteiger partial charge in [0.1, 0.15) is 4.88 Å². The van der Waals surface area contributed by atoms with Crippen LogP contribution in [0.3, 0.4) is 0 Å². The standard InChI is InChI=1S/C9H13N3O2S/c1-5-7(15-9(10)11-5)8(14)12-3-2-6(13)4-12/h6,13H,2-4H2,1H3,(H2,10,11). The molecular formula is C9H13N3O2S. The molecule has 0 aromatic carbocycles. The number of nitrogens with zero attached hydrogens (tertiary/aromatic N) is 2. The third-order valence-corrected chi connectivity index (χ3v) is 3.43. The first kappa shape index (κ1) is 10.4. The van der Waals surface area contributed by atoms with E-state index in [1.54, 1.807) is 11.8 Å². The van der Waals surface area contributed by atoms with Crippen LogP contribution >= 0.6 is 11.3 Å². The molecule has 0 spiro atoms. The second kappa shape index (κ2) is 3.79. The maximum atomic E-state index is 12.0. The number of nitrogen functional groups attached to an aromatic ring is 1. The average Bonchev–Trinajstić information content (AvgIpc) is 2.71. The van der Waals surface area contributed by atoms with Crippen molar-refractivity contribution in [3.8, 4) is 0 Å². The van der Waals surface area contributed by atoms with Gasteiger partial charge in [0.05, 0.1) is 11.8 Å². The van der Waals surface area contributed by atoms with E-state index in [2.05, 4.69) is 4.98 Å². The van der Waals surface area contributed by atoms with E-state index in [9.17, 15) is 9.90 Å². The number of likely N-dealkylation sites (tertiary alicyclic amines) is 1. The number of carbonyl (C=O) groups excluding carboxylic acids is 1. The first-order valence-corrected chi connectivity index (χ1v) is 5.60. The quantitative estimate of drug-likeness (QED) is 0.720. The third-order valence-electron chi connectivity index (χ3n) is 2.46. The number of β-amino-alcohol motifs (C(OH)–C–C–N with tert-alkyl or cyclic N) is 1. The number of carbonyl (C=O) groups is 1. The van der Waals surface area contributed by atoms with Crippen molar-refractivity contribution >= 4 is 22.4 Å². The van der Waals surface area contributed by atoms with Crippen molar-refractivity contribution in [3.63, 3.8) is 0 Å². The molecule has 0 radical (unpaired) electrons. The van der Waals surface area contributed by atoms with Crippen LogP contribution in [0.4, 0.5) is 5.13 Å². The molecule has 1 atom stereocenters. The minimum Gasteiger partial charge on any atom is -0.391 e. The number of aryl methyl sites for hydroxylation is 1. The van der Waals surface area contributed by atoms with Gasteiger partial charge in [-0.1, -0.05) is 11.3 Å². The van der Waals surface area contributed by atoms with Crippen LogP contribution in [0.25, 0.3) is 0 Å². The van der Waals surface area contributed by atoms with E-state index in [1.165, 1.54) is 11.3 Å². The second-order valence-electron chi connectivity index (χ2n) is 3.66. The van der Waals surface area contributed by atoms with Crippen molar-refractivity contribution in [2.75, 3.05) is 18.8 Å². The first-order chi connectivity index (χ1) is 7.08. The highest BCUT2D eigenvalue weighted by Crippen LogP contribution is 2.23. The van der Waals surface area contributed by atoms with Crippen LogP contribution < -0.4 is 5.73 Å². The second-order valence-corrected chi connectivity index (χ2v) is 4.69. The zero-order valence-electron chi connectivity index (χ0n) is 8.43. The summed E-state index contributed by atoms with van der Waals surface area (Å²) < 4.78 is 0. The van der Waals surface area contributed by atoms with E-state index in [-0.39, 0.29) is 12.0 Å². The van der Waals surface area contributed by atoms with E-state index >= 15 is 0 Å². The molecule has 1 aliphatic heterocycles. The predicted molar refractivity (Wildman–Crippen MR) is 57.8 cm³/mol. The Bertz CT molecular complexity index is 391. The molecule has 1 aliphatic rings. The van der Waals surface area contributed by atoms with Gasteiger partial charge in [0, 0.05) is 13.1 Å². The van der Waals surface area contributed by atoms with Gasteiger partial charge in [-0.05, 0) is 13.3 Å². The lowest BCUT2D eigenvalue weighted by atomic mass is 10.3. The SMILES string of the molecule is Cc1nc(N)sc1C(=O)N1CCC(O)C1. The first-order valence-electron chi connectivity index (χ1n) is 4.78. The largest absolute Gasteiger partial charge is 0.391 e. The third kappa shape index (κ3) is 1.95. The van der Waals surface area contributed by atoms with Gasteiger partial charge >= 0.3 is 0 Å². The highest BCUT2D eigenvalue weighted by atomic mass is 32.1. The Labute approximate surface area is 91.5 Å². The van der Waals surface area contributed by atoms with Crippen molar-refractivity contribution in [3.05, 3.63) is 10.6 Å². The predicted octanol–water partition coefficient (Wildman–Crippen LogP) is 0.241. The molecule has 82 valence electrons. The number of hydrogen-bond donors (Lipinski definition) is 2. The van der Waals surface area contributed by atoms with Crippen LogP contribution in [0.2, 0.25) is 0 Å². The molecule has 3 N–H and O–H groups in total. The smallest absolute Gasteiger partial charge is 0.266 e. The van der Waals surface area contributed by atoms with Gasteiger partial charge in [-0.25, -0.2) is 4.98 Å². The molecule has 0 aliphatic carbocycles. The zero-order valence-corrected chi connectivity index (χ0v) is 9.25. The van der Waals surface area contributed by atoms with Crippen LogP contribution in [0.5, 0.6) is 0 Å². The molecule has 5 nitrogen and oxygen atoms in total. The fraction of sp³-hybridized carbons (Fsp3) is 0.556. The van der Waals surface area contributed by atoms with E-state index in [4.69, 9.17) is 5.73 Å². The van der Waals surface area contributed by atoms with Gasteiger partial charge in [-0.3, -0.25) is 4.79 Å². The van der Waals surface area contributed by atoms with E-state index in [0.29, 0.717) is 35.2 Å². The summed E-state index contributed by atoms with van der Waals surface area (Å²) in [5.74, 6) is -0.0711. The number of aliphatic hydroxyl groups is 1. The topological polar surface area (TPSA) is 79.5 Å². The Balaban J connectivity index is 2.17. The van der Waals surface area contributed by atoms with E-state index in [0.717, 1.165) is 0 Å². The van der Waals surface area contributed by atoms with Crippen LogP contribution in [-0.4, -0.2) is 40.1 Å². The van der Waals surface area contributed by atoms with Gasteiger partial charge in [0.2, 0.25) is 0 Å². The van der Waals surface area contributed by atoms with Gasteiger partial charge in [0.15, 0.2) is 5.13 Å². The molecule has 15 heavy (non-hydrogen) atoms. The Morgan fingerprint density at radius 3 is 2.93 bits per heavy atom. The molecule has 1 unspecified atom stereocenters. The molecule has 0 bridgehead atoms. The van der Waals surface area contributed by atoms with Crippen molar-refractivity contribution in [1.29, 1.82) is 0 Å². The van der Waals surface area contributed by atoms with Crippen LogP contribution in [-0.2, 0) is 0 Å². The normalized spacial score (nSPS) is 20.9. The summed E-state index contributed by atoms with van der Waals surface area (Å²) in [6.45, 7) is 2.79. The van der Waals surface area contributed by atoms with Crippen molar-refractivity contribution < 1.29 is 9.90 Å². The highest BCUT2D eigenvalue weighted by molar-refractivity contribution is 7.17. The number of nitrogens with two attached hydrogens (primary N) is 1. The molecular weight excluding hydrogens is 214 g/mol. The lowest BCUT2D eigenvalue weighted by Gasteiger charge is -2.14. The Hall–Kier alpha value is -1.14. The van der Waals surface area contributed by atoms with Crippen molar-refractivity contribution in [1.82, 2.24) is 9.88 Å². The maximum absolute atomic E-state index is 12.0. The van der Waals surface area contributed by atoms with Gasteiger partial charge in [-0.15, -0.1) is 0 Å². The van der Waals surface area contributed by atoms with Gasteiger partial charge < -0.3 is 15.7 Å². The molecule has 1 aromatic rings. The van der Waals surface area contributed by atoms with Crippen LogP contribution in [0.1, 0.15) is 21.8 Å². The Morgan fingerprint density at radius 1 is 1.73 bits per heavy atom. The van der Waals surface area contributed by atoms with Crippen LogP contribution in [0.15, 0.2) is 0 Å². The molecule has 1 fully saturated rings. The summed E-state index contributed by atoms with van der Waals surface area (Å²) in [6.07, 6.45) is 0.263. The minimum absolute atomic E-state index is 0.0711. The van der Waals surface area contributed by atoms with E-state index in [1.807, 2.05) is 0 Å². The molecule has 2 heterocycles. The fourth-order valence-electron chi connectivity index (χ4n) is 1.69. The number of amides is 1. The molecule has 1 amide bonds. The fourth-order valence-corrected chi connectivity index (χ4v) is 2.49. The van der Waals surface area contributed by atoms with Gasteiger partial charge in [-0.2, -0.15) is 0 Å². The summed E-state index contributed by atoms with van der Waals surface area (Å²) in [7, 11) is 0. The molecule has 6 heteroatoms. The monoisotopic (exact) mass is 227 g/mol. The molecule has 1 saturated heterocycles. The number of anilines is 1. The number of thiazole rings is 1. The highest BCUT2D eigenvalue weighted by Gasteiger charge is 2.27. The number of rotatable bonds is 1. The average molecular weight is 227 g/mol. The van der Waals surface area contributed by atoms with Crippen molar-refractivity contribution in [2.45, 2.75) is 19.4 Å². The summed E-state index contributed by atoms with van der Waals surface area (Å²) in [5, 5.41) is 9.75. The summed E-state index contributed by atoms with van der Waals surface area (Å²) in [4.78, 5) is 18.2. The summed E-state index contributed by atoms with van der Waals surface area (Å²) in [6, 6.07) is 0. The molecule has 2 rings (SSSR count). The number of aliphatic hydroxyl groups excluding tert-OH is 1. The maximum Gasteiger partial charge on any atom is 0.266 e. The Kier molecular flexibility index (Phi) is 2.62. The summed E-state index contributed by atoms with van der Waals surface area (Å²) >= 11 is 1.20. The summed E-state index contributed by atoms with van der Waals surface area (Å²) in [5.41, 5.74) is 6.20. The molecule has 0 saturated carbocycles.